The van der Waals surface area contributed by atoms with Crippen molar-refractivity contribution in [2.45, 2.75) is 24.9 Å². The third kappa shape index (κ3) is 3.78. The lowest BCUT2D eigenvalue weighted by molar-refractivity contribution is -0.137. The summed E-state index contributed by atoms with van der Waals surface area (Å²) < 4.78 is 43.9. The minimum atomic E-state index is -4.57. The predicted molar refractivity (Wildman–Crippen MR) is 101 cm³/mol. The number of Topliss-reactive ketones (excluding diaryl/α,β-unsaturated/α-hetero) is 1. The van der Waals surface area contributed by atoms with Crippen molar-refractivity contribution in [3.8, 4) is 0 Å². The molecule has 0 aliphatic heterocycles. The zero-order chi connectivity index (χ0) is 21.5. The molecule has 2 aromatic heterocycles. The van der Waals surface area contributed by atoms with Gasteiger partial charge < -0.3 is 14.7 Å². The Morgan fingerprint density at radius 2 is 1.90 bits per heavy atom. The second-order valence-corrected chi connectivity index (χ2v) is 6.98. The number of furan rings is 1. The van der Waals surface area contributed by atoms with Crippen molar-refractivity contribution in [3.05, 3.63) is 87.2 Å². The number of rotatable bonds is 3. The van der Waals surface area contributed by atoms with E-state index in [1.807, 2.05) is 0 Å². The number of H-pyrrole nitrogens is 1. The molecule has 2 heterocycles. The average Bonchev–Trinajstić information content (AvgIpc) is 3.21. The summed E-state index contributed by atoms with van der Waals surface area (Å²) in [6.45, 7) is 0. The summed E-state index contributed by atoms with van der Waals surface area (Å²) in [5.74, 6) is -0.761. The molecule has 2 N–H and O–H groups in total. The molecule has 1 aliphatic rings. The van der Waals surface area contributed by atoms with Crippen LogP contribution in [-0.4, -0.2) is 16.7 Å². The molecule has 0 unspecified atom stereocenters. The number of pyridine rings is 1. The molecule has 4 rings (SSSR count). The van der Waals surface area contributed by atoms with E-state index in [1.54, 1.807) is 12.1 Å². The van der Waals surface area contributed by atoms with Crippen molar-refractivity contribution in [1.82, 2.24) is 4.98 Å². The number of halogens is 3. The lowest BCUT2D eigenvalue weighted by Gasteiger charge is -2.22. The number of carbonyl (C=O) groups excluding carboxylic acids is 2. The Labute approximate surface area is 167 Å². The van der Waals surface area contributed by atoms with Crippen LogP contribution in [0.3, 0.4) is 0 Å². The van der Waals surface area contributed by atoms with Gasteiger partial charge in [-0.25, -0.2) is 0 Å². The van der Waals surface area contributed by atoms with Crippen LogP contribution in [0.15, 0.2) is 57.9 Å². The lowest BCUT2D eigenvalue weighted by Crippen LogP contribution is -2.29. The average molecular weight is 416 g/mol. The standard InChI is InChI=1S/C21H15F3N2O4/c22-21(23,24)12-3-1-4-13(9-12)25-19(28)15-10-14-16(26-20(15)29)7-11(8-17(14)27)18-5-2-6-30-18/h1-6,9-11H,7-8H2,(H,25,28)(H,26,29)/t11-/m0/s1. The van der Waals surface area contributed by atoms with Gasteiger partial charge in [-0.05, 0) is 42.8 Å². The van der Waals surface area contributed by atoms with E-state index in [2.05, 4.69) is 10.3 Å². The number of benzene rings is 1. The van der Waals surface area contributed by atoms with Crippen LogP contribution in [0.5, 0.6) is 0 Å². The molecule has 6 nitrogen and oxygen atoms in total. The van der Waals surface area contributed by atoms with Crippen molar-refractivity contribution in [2.75, 3.05) is 5.32 Å². The van der Waals surface area contributed by atoms with Gasteiger partial charge in [0.15, 0.2) is 5.78 Å². The Morgan fingerprint density at radius 1 is 1.10 bits per heavy atom. The fourth-order valence-corrected chi connectivity index (χ4v) is 3.50. The fourth-order valence-electron chi connectivity index (χ4n) is 3.50. The molecule has 0 bridgehead atoms. The number of alkyl halides is 3. The summed E-state index contributed by atoms with van der Waals surface area (Å²) in [6, 6.07) is 8.71. The van der Waals surface area contributed by atoms with Gasteiger partial charge >= 0.3 is 6.18 Å². The molecule has 30 heavy (non-hydrogen) atoms. The smallest absolute Gasteiger partial charge is 0.416 e. The molecule has 1 atom stereocenters. The van der Waals surface area contributed by atoms with Crippen LogP contribution in [0.4, 0.5) is 18.9 Å². The number of hydrogen-bond donors (Lipinski definition) is 2. The summed E-state index contributed by atoms with van der Waals surface area (Å²) in [4.78, 5) is 40.1. The van der Waals surface area contributed by atoms with E-state index in [1.165, 1.54) is 18.4 Å². The molecule has 0 spiro atoms. The van der Waals surface area contributed by atoms with Crippen molar-refractivity contribution < 1.29 is 27.2 Å². The van der Waals surface area contributed by atoms with Crippen LogP contribution in [-0.2, 0) is 12.6 Å². The molecule has 1 aromatic carbocycles. The van der Waals surface area contributed by atoms with E-state index < -0.39 is 23.2 Å². The van der Waals surface area contributed by atoms with Crippen LogP contribution in [0, 0.1) is 0 Å². The summed E-state index contributed by atoms with van der Waals surface area (Å²) >= 11 is 0. The highest BCUT2D eigenvalue weighted by molar-refractivity contribution is 6.06. The molecular weight excluding hydrogens is 401 g/mol. The minimum absolute atomic E-state index is 0.115. The Bertz CT molecular complexity index is 1180. The van der Waals surface area contributed by atoms with Gasteiger partial charge in [0.05, 0.1) is 11.8 Å². The number of ketones is 1. The molecule has 0 saturated heterocycles. The number of anilines is 1. The zero-order valence-corrected chi connectivity index (χ0v) is 15.4. The van der Waals surface area contributed by atoms with Crippen molar-refractivity contribution in [3.63, 3.8) is 0 Å². The number of fused-ring (bicyclic) bond motifs is 1. The maximum Gasteiger partial charge on any atom is 0.416 e. The lowest BCUT2D eigenvalue weighted by atomic mass is 9.84. The van der Waals surface area contributed by atoms with Gasteiger partial charge in [0, 0.05) is 29.3 Å². The van der Waals surface area contributed by atoms with Crippen LogP contribution < -0.4 is 10.9 Å². The first kappa shape index (κ1) is 19.7. The van der Waals surface area contributed by atoms with Crippen LogP contribution in [0.25, 0.3) is 0 Å². The molecule has 3 aromatic rings. The van der Waals surface area contributed by atoms with Crippen molar-refractivity contribution in [1.29, 1.82) is 0 Å². The monoisotopic (exact) mass is 416 g/mol. The summed E-state index contributed by atoms with van der Waals surface area (Å²) in [7, 11) is 0. The highest BCUT2D eigenvalue weighted by Crippen LogP contribution is 2.32. The largest absolute Gasteiger partial charge is 0.469 e. The molecule has 1 aliphatic carbocycles. The van der Waals surface area contributed by atoms with E-state index in [4.69, 9.17) is 4.42 Å². The molecule has 154 valence electrons. The summed E-state index contributed by atoms with van der Waals surface area (Å²) in [5, 5.41) is 2.28. The summed E-state index contributed by atoms with van der Waals surface area (Å²) in [6.07, 6.45) is -2.55. The van der Waals surface area contributed by atoms with Gasteiger partial charge in [0.25, 0.3) is 11.5 Å². The number of carbonyl (C=O) groups is 2. The van der Waals surface area contributed by atoms with Gasteiger partial charge in [-0.1, -0.05) is 6.07 Å². The number of aromatic nitrogens is 1. The molecule has 0 fully saturated rings. The normalized spacial score (nSPS) is 16.2. The second-order valence-electron chi connectivity index (χ2n) is 6.98. The predicted octanol–water partition coefficient (Wildman–Crippen LogP) is 4.15. The van der Waals surface area contributed by atoms with Gasteiger partial charge in [-0.3, -0.25) is 14.4 Å². The van der Waals surface area contributed by atoms with E-state index in [0.29, 0.717) is 17.9 Å². The van der Waals surface area contributed by atoms with Gasteiger partial charge in [0.1, 0.15) is 11.3 Å². The number of nitrogens with one attached hydrogen (secondary N) is 2. The van der Waals surface area contributed by atoms with Gasteiger partial charge in [0.2, 0.25) is 0 Å². The highest BCUT2D eigenvalue weighted by Gasteiger charge is 2.31. The van der Waals surface area contributed by atoms with Crippen LogP contribution in [0.1, 0.15) is 50.1 Å². The molecule has 0 radical (unpaired) electrons. The Hall–Kier alpha value is -3.62. The van der Waals surface area contributed by atoms with E-state index in [-0.39, 0.29) is 34.9 Å². The highest BCUT2D eigenvalue weighted by atomic mass is 19.4. The zero-order valence-electron chi connectivity index (χ0n) is 15.4. The first-order valence-electron chi connectivity index (χ1n) is 9.04. The minimum Gasteiger partial charge on any atom is -0.469 e. The van der Waals surface area contributed by atoms with E-state index in [0.717, 1.165) is 18.2 Å². The number of hydrogen-bond acceptors (Lipinski definition) is 4. The molecular formula is C21H15F3N2O4. The fraction of sp³-hybridized carbons (Fsp3) is 0.190. The quantitative estimate of drug-likeness (QED) is 0.671. The maximum atomic E-state index is 12.8. The Kier molecular flexibility index (Phi) is 4.81. The number of amides is 1. The maximum absolute atomic E-state index is 12.8. The van der Waals surface area contributed by atoms with Crippen molar-refractivity contribution in [2.24, 2.45) is 0 Å². The second kappa shape index (κ2) is 7.33. The molecule has 9 heteroatoms. The first-order valence-corrected chi connectivity index (χ1v) is 9.04. The first-order chi connectivity index (χ1) is 14.2. The summed E-state index contributed by atoms with van der Waals surface area (Å²) in [5.41, 5.74) is -1.52. The van der Waals surface area contributed by atoms with E-state index >= 15 is 0 Å². The molecule has 0 saturated carbocycles. The third-order valence-corrected chi connectivity index (χ3v) is 4.94. The van der Waals surface area contributed by atoms with Gasteiger partial charge in [-0.2, -0.15) is 13.2 Å². The SMILES string of the molecule is O=C1C[C@@H](c2ccco2)Cc2[nH]c(=O)c(C(=O)Nc3cccc(C(F)(F)F)c3)cc21. The number of aromatic amines is 1. The topological polar surface area (TPSA) is 92.2 Å². The molecule has 1 amide bonds. The Balaban J connectivity index is 1.61. The van der Waals surface area contributed by atoms with Crippen LogP contribution >= 0.6 is 0 Å². The van der Waals surface area contributed by atoms with Crippen LogP contribution in [0.2, 0.25) is 0 Å². The third-order valence-electron chi connectivity index (χ3n) is 4.94. The Morgan fingerprint density at radius 3 is 2.60 bits per heavy atom. The van der Waals surface area contributed by atoms with E-state index in [9.17, 15) is 27.6 Å². The van der Waals surface area contributed by atoms with Gasteiger partial charge in [-0.15, -0.1) is 0 Å². The van der Waals surface area contributed by atoms with Crippen molar-refractivity contribution >= 4 is 17.4 Å².